The maximum atomic E-state index is 12.3. The average molecular weight is 312 g/mol. The van der Waals surface area contributed by atoms with Gasteiger partial charge < -0.3 is 15.2 Å². The van der Waals surface area contributed by atoms with Crippen molar-refractivity contribution in [2.45, 2.75) is 43.2 Å². The Hall–Kier alpha value is -0.890. The first-order valence-electron chi connectivity index (χ1n) is 7.73. The van der Waals surface area contributed by atoms with Crippen molar-refractivity contribution in [1.29, 1.82) is 0 Å². The lowest BCUT2D eigenvalue weighted by Gasteiger charge is -2.14. The number of rotatable bonds is 7. The van der Waals surface area contributed by atoms with Gasteiger partial charge in [0, 0.05) is 37.6 Å². The number of hydrogen-bond acceptors (Lipinski definition) is 4. The van der Waals surface area contributed by atoms with Crippen molar-refractivity contribution in [3.8, 4) is 0 Å². The van der Waals surface area contributed by atoms with E-state index in [4.69, 9.17) is 5.73 Å². The van der Waals surface area contributed by atoms with Crippen LogP contribution >= 0.6 is 0 Å². The van der Waals surface area contributed by atoms with Crippen LogP contribution in [0.25, 0.3) is 0 Å². The molecule has 1 aromatic rings. The second kappa shape index (κ2) is 6.08. The van der Waals surface area contributed by atoms with Gasteiger partial charge in [-0.2, -0.15) is 0 Å². The summed E-state index contributed by atoms with van der Waals surface area (Å²) >= 11 is 0. The Morgan fingerprint density at radius 3 is 2.62 bits per heavy atom. The van der Waals surface area contributed by atoms with E-state index >= 15 is 0 Å². The number of nitrogens with one attached hydrogen (secondary N) is 1. The van der Waals surface area contributed by atoms with Crippen LogP contribution in [0.4, 0.5) is 0 Å². The SMILES string of the molecule is NCc1cc(S(=O)(=O)NCCN2CCCC2)cn1C1CC1. The van der Waals surface area contributed by atoms with Crippen LogP contribution in [-0.4, -0.2) is 44.1 Å². The summed E-state index contributed by atoms with van der Waals surface area (Å²) < 4.78 is 29.4. The highest BCUT2D eigenvalue weighted by Gasteiger charge is 2.27. The molecule has 3 rings (SSSR count). The number of aromatic nitrogens is 1. The molecule has 0 unspecified atom stereocenters. The Labute approximate surface area is 126 Å². The zero-order valence-electron chi connectivity index (χ0n) is 12.3. The van der Waals surface area contributed by atoms with Gasteiger partial charge in [-0.05, 0) is 44.8 Å². The van der Waals surface area contributed by atoms with Crippen LogP contribution in [0.15, 0.2) is 17.2 Å². The minimum Gasteiger partial charge on any atom is -0.346 e. The lowest BCUT2D eigenvalue weighted by atomic mass is 10.4. The Balaban J connectivity index is 1.63. The third-order valence-corrected chi connectivity index (χ3v) is 5.71. The van der Waals surface area contributed by atoms with Gasteiger partial charge in [0.25, 0.3) is 0 Å². The summed E-state index contributed by atoms with van der Waals surface area (Å²) in [6.07, 6.45) is 6.40. The van der Waals surface area contributed by atoms with Crippen molar-refractivity contribution in [3.05, 3.63) is 18.0 Å². The molecule has 2 heterocycles. The fourth-order valence-corrected chi connectivity index (χ4v) is 4.00. The molecule has 1 aliphatic carbocycles. The molecule has 1 saturated carbocycles. The Kier molecular flexibility index (Phi) is 4.35. The molecule has 0 radical (unpaired) electrons. The number of nitrogens with two attached hydrogens (primary N) is 1. The van der Waals surface area contributed by atoms with Crippen LogP contribution < -0.4 is 10.5 Å². The molecule has 6 nitrogen and oxygen atoms in total. The van der Waals surface area contributed by atoms with E-state index in [1.54, 1.807) is 12.3 Å². The van der Waals surface area contributed by atoms with Gasteiger partial charge in [0.05, 0.1) is 4.90 Å². The van der Waals surface area contributed by atoms with Crippen molar-refractivity contribution in [3.63, 3.8) is 0 Å². The Bertz CT molecular complexity index is 586. The standard InChI is InChI=1S/C14H24N4O2S/c15-10-13-9-14(11-18(13)12-3-4-12)21(19,20)16-5-8-17-6-1-2-7-17/h9,11-12,16H,1-8,10,15H2. The predicted molar refractivity (Wildman–Crippen MR) is 81.5 cm³/mol. The van der Waals surface area contributed by atoms with Gasteiger partial charge in [0.1, 0.15) is 0 Å². The van der Waals surface area contributed by atoms with E-state index < -0.39 is 10.0 Å². The fourth-order valence-electron chi connectivity index (χ4n) is 2.93. The van der Waals surface area contributed by atoms with Gasteiger partial charge in [0.15, 0.2) is 0 Å². The molecule has 2 fully saturated rings. The van der Waals surface area contributed by atoms with Crippen LogP contribution in [0, 0.1) is 0 Å². The molecule has 0 amide bonds. The maximum absolute atomic E-state index is 12.3. The molecule has 0 spiro atoms. The molecular weight excluding hydrogens is 288 g/mol. The summed E-state index contributed by atoms with van der Waals surface area (Å²) in [5.74, 6) is 0. The molecule has 1 aromatic heterocycles. The molecular formula is C14H24N4O2S. The van der Waals surface area contributed by atoms with E-state index in [0.29, 0.717) is 24.0 Å². The van der Waals surface area contributed by atoms with Crippen LogP contribution in [0.1, 0.15) is 37.4 Å². The molecule has 1 saturated heterocycles. The van der Waals surface area contributed by atoms with Crippen molar-refractivity contribution in [1.82, 2.24) is 14.2 Å². The third-order valence-electron chi connectivity index (χ3n) is 4.29. The topological polar surface area (TPSA) is 80.4 Å². The van der Waals surface area contributed by atoms with E-state index in [0.717, 1.165) is 38.2 Å². The third kappa shape index (κ3) is 3.48. The van der Waals surface area contributed by atoms with Crippen LogP contribution in [0.5, 0.6) is 0 Å². The van der Waals surface area contributed by atoms with Crippen molar-refractivity contribution in [2.24, 2.45) is 5.73 Å². The quantitative estimate of drug-likeness (QED) is 0.775. The van der Waals surface area contributed by atoms with Gasteiger partial charge in [-0.25, -0.2) is 13.1 Å². The second-order valence-corrected chi connectivity index (χ2v) is 7.72. The summed E-state index contributed by atoms with van der Waals surface area (Å²) in [6, 6.07) is 2.15. The summed E-state index contributed by atoms with van der Waals surface area (Å²) in [4.78, 5) is 2.64. The zero-order chi connectivity index (χ0) is 14.9. The summed E-state index contributed by atoms with van der Waals surface area (Å²) in [7, 11) is -3.42. The summed E-state index contributed by atoms with van der Waals surface area (Å²) in [5, 5.41) is 0. The van der Waals surface area contributed by atoms with Crippen molar-refractivity contribution in [2.75, 3.05) is 26.2 Å². The van der Waals surface area contributed by atoms with E-state index in [-0.39, 0.29) is 0 Å². The Morgan fingerprint density at radius 1 is 1.29 bits per heavy atom. The number of hydrogen-bond donors (Lipinski definition) is 2. The monoisotopic (exact) mass is 312 g/mol. The van der Waals surface area contributed by atoms with Crippen molar-refractivity contribution < 1.29 is 8.42 Å². The first-order valence-corrected chi connectivity index (χ1v) is 9.21. The first kappa shape index (κ1) is 15.0. The lowest BCUT2D eigenvalue weighted by Crippen LogP contribution is -2.33. The number of sulfonamides is 1. The molecule has 2 aliphatic rings. The van der Waals surface area contributed by atoms with Crippen molar-refractivity contribution >= 4 is 10.0 Å². The van der Waals surface area contributed by atoms with E-state index in [9.17, 15) is 8.42 Å². The lowest BCUT2D eigenvalue weighted by molar-refractivity contribution is 0.344. The number of likely N-dealkylation sites (tertiary alicyclic amines) is 1. The Morgan fingerprint density at radius 2 is 2.00 bits per heavy atom. The summed E-state index contributed by atoms with van der Waals surface area (Å²) in [5.41, 5.74) is 6.61. The van der Waals surface area contributed by atoms with Gasteiger partial charge in [0.2, 0.25) is 10.0 Å². The molecule has 1 aliphatic heterocycles. The minimum atomic E-state index is -3.42. The smallest absolute Gasteiger partial charge is 0.242 e. The zero-order valence-corrected chi connectivity index (χ0v) is 13.1. The number of nitrogens with zero attached hydrogens (tertiary/aromatic N) is 2. The highest BCUT2D eigenvalue weighted by atomic mass is 32.2. The summed E-state index contributed by atoms with van der Waals surface area (Å²) in [6.45, 7) is 3.79. The minimum absolute atomic E-state index is 0.344. The molecule has 0 bridgehead atoms. The van der Waals surface area contributed by atoms with E-state index in [1.807, 2.05) is 4.57 Å². The van der Waals surface area contributed by atoms with E-state index in [2.05, 4.69) is 9.62 Å². The molecule has 0 atom stereocenters. The highest BCUT2D eigenvalue weighted by Crippen LogP contribution is 2.37. The molecule has 7 heteroatoms. The average Bonchev–Trinajstić information content (AvgIpc) is 3.00. The van der Waals surface area contributed by atoms with E-state index in [1.165, 1.54) is 12.8 Å². The van der Waals surface area contributed by atoms with Gasteiger partial charge in [-0.15, -0.1) is 0 Å². The predicted octanol–water partition coefficient (Wildman–Crippen LogP) is 0.656. The fraction of sp³-hybridized carbons (Fsp3) is 0.714. The molecule has 118 valence electrons. The van der Waals surface area contributed by atoms with Gasteiger partial charge in [-0.3, -0.25) is 0 Å². The van der Waals surface area contributed by atoms with Gasteiger partial charge in [-0.1, -0.05) is 0 Å². The van der Waals surface area contributed by atoms with Gasteiger partial charge >= 0.3 is 0 Å². The molecule has 3 N–H and O–H groups in total. The second-order valence-electron chi connectivity index (χ2n) is 5.96. The van der Waals surface area contributed by atoms with Crippen LogP contribution in [0.3, 0.4) is 0 Å². The maximum Gasteiger partial charge on any atom is 0.242 e. The molecule has 21 heavy (non-hydrogen) atoms. The highest BCUT2D eigenvalue weighted by molar-refractivity contribution is 7.89. The normalized spacial score (nSPS) is 20.2. The largest absolute Gasteiger partial charge is 0.346 e. The van der Waals surface area contributed by atoms with Crippen LogP contribution in [-0.2, 0) is 16.6 Å². The first-order chi connectivity index (χ1) is 10.1. The molecule has 0 aromatic carbocycles. The van der Waals surface area contributed by atoms with Crippen LogP contribution in [0.2, 0.25) is 0 Å².